The molecule has 1 aliphatic heterocycles. The van der Waals surface area contributed by atoms with Crippen LogP contribution >= 0.6 is 0 Å². The third-order valence-electron chi connectivity index (χ3n) is 6.98. The number of aromatic nitrogens is 1. The summed E-state index contributed by atoms with van der Waals surface area (Å²) in [6, 6.07) is 10.1. The molecule has 0 bridgehead atoms. The van der Waals surface area contributed by atoms with Crippen LogP contribution < -0.4 is 16.4 Å². The Kier molecular flexibility index (Phi) is 10.9. The number of nitrogens with one attached hydrogen (secondary N) is 2. The van der Waals surface area contributed by atoms with E-state index in [4.69, 9.17) is 15.2 Å². The lowest BCUT2D eigenvalue weighted by molar-refractivity contribution is -0.117. The SMILES string of the molecule is CC(C)COC[C@@H]1CNC[C@@H](CCc2c(F)cncc2NC(=O)C(N)C(c2ccc(F)cc2)c2ccc(F)cc2)O1. The summed E-state index contributed by atoms with van der Waals surface area (Å²) in [6.45, 7) is 6.61. The van der Waals surface area contributed by atoms with Crippen LogP contribution in [0.2, 0.25) is 0 Å². The average molecular weight is 571 g/mol. The van der Waals surface area contributed by atoms with Gasteiger partial charge in [0.15, 0.2) is 0 Å². The van der Waals surface area contributed by atoms with Gasteiger partial charge >= 0.3 is 0 Å². The van der Waals surface area contributed by atoms with Gasteiger partial charge in [-0.2, -0.15) is 0 Å². The number of benzene rings is 2. The first-order valence-electron chi connectivity index (χ1n) is 13.8. The van der Waals surface area contributed by atoms with Crippen molar-refractivity contribution in [1.29, 1.82) is 0 Å². The monoisotopic (exact) mass is 570 g/mol. The van der Waals surface area contributed by atoms with E-state index in [-0.39, 0.29) is 17.9 Å². The van der Waals surface area contributed by atoms with E-state index < -0.39 is 35.3 Å². The zero-order valence-electron chi connectivity index (χ0n) is 23.3. The van der Waals surface area contributed by atoms with Crippen LogP contribution in [-0.2, 0) is 20.7 Å². The smallest absolute Gasteiger partial charge is 0.242 e. The molecule has 2 aromatic carbocycles. The van der Waals surface area contributed by atoms with Gasteiger partial charge in [0.05, 0.1) is 42.9 Å². The minimum absolute atomic E-state index is 0.0955. The summed E-state index contributed by atoms with van der Waals surface area (Å²) in [5.74, 6) is -2.29. The maximum Gasteiger partial charge on any atom is 0.242 e. The van der Waals surface area contributed by atoms with Crippen molar-refractivity contribution in [3.8, 4) is 0 Å². The van der Waals surface area contributed by atoms with E-state index in [2.05, 4.69) is 29.5 Å². The third kappa shape index (κ3) is 8.59. The molecule has 1 unspecified atom stereocenters. The zero-order chi connectivity index (χ0) is 29.4. The molecule has 4 N–H and O–H groups in total. The average Bonchev–Trinajstić information content (AvgIpc) is 2.95. The predicted molar refractivity (Wildman–Crippen MR) is 151 cm³/mol. The highest BCUT2D eigenvalue weighted by Gasteiger charge is 2.29. The first-order chi connectivity index (χ1) is 19.7. The fraction of sp³-hybridized carbons (Fsp3) is 0.419. The Morgan fingerprint density at radius 1 is 1.02 bits per heavy atom. The van der Waals surface area contributed by atoms with Crippen LogP contribution in [0, 0.1) is 23.4 Å². The Morgan fingerprint density at radius 3 is 2.24 bits per heavy atom. The van der Waals surface area contributed by atoms with Gasteiger partial charge in [0.2, 0.25) is 5.91 Å². The molecular weight excluding hydrogens is 533 g/mol. The van der Waals surface area contributed by atoms with E-state index in [1.165, 1.54) is 54.7 Å². The van der Waals surface area contributed by atoms with Gasteiger partial charge in [-0.1, -0.05) is 38.1 Å². The molecule has 1 aliphatic rings. The van der Waals surface area contributed by atoms with E-state index in [9.17, 15) is 18.0 Å². The molecule has 1 saturated heterocycles. The van der Waals surface area contributed by atoms with Gasteiger partial charge in [0.1, 0.15) is 17.5 Å². The number of hydrogen-bond donors (Lipinski definition) is 3. The van der Waals surface area contributed by atoms with Gasteiger partial charge in [0, 0.05) is 31.2 Å². The van der Waals surface area contributed by atoms with E-state index in [1.54, 1.807) is 0 Å². The van der Waals surface area contributed by atoms with Crippen LogP contribution in [-0.4, -0.2) is 55.4 Å². The second kappa shape index (κ2) is 14.5. The lowest BCUT2D eigenvalue weighted by Gasteiger charge is -2.31. The van der Waals surface area contributed by atoms with Crippen molar-refractivity contribution >= 4 is 11.6 Å². The summed E-state index contributed by atoms with van der Waals surface area (Å²) in [5, 5.41) is 6.08. The number of rotatable bonds is 12. The number of hydrogen-bond acceptors (Lipinski definition) is 6. The maximum atomic E-state index is 14.9. The summed E-state index contributed by atoms with van der Waals surface area (Å²) in [4.78, 5) is 17.3. The van der Waals surface area contributed by atoms with Crippen molar-refractivity contribution in [3.05, 3.63) is 95.1 Å². The number of halogens is 3. The Balaban J connectivity index is 1.46. The number of pyridine rings is 1. The highest BCUT2D eigenvalue weighted by molar-refractivity contribution is 5.96. The topological polar surface area (TPSA) is 98.5 Å². The summed E-state index contributed by atoms with van der Waals surface area (Å²) in [7, 11) is 0. The van der Waals surface area contributed by atoms with Gasteiger partial charge in [-0.05, 0) is 54.2 Å². The number of carbonyl (C=O) groups is 1. The van der Waals surface area contributed by atoms with Gasteiger partial charge in [-0.25, -0.2) is 13.2 Å². The minimum Gasteiger partial charge on any atom is -0.378 e. The van der Waals surface area contributed by atoms with Crippen LogP contribution in [0.15, 0.2) is 60.9 Å². The van der Waals surface area contributed by atoms with Gasteiger partial charge in [0.25, 0.3) is 0 Å². The molecule has 0 spiro atoms. The number of nitrogens with two attached hydrogens (primary N) is 1. The summed E-state index contributed by atoms with van der Waals surface area (Å²) < 4.78 is 54.1. The molecule has 220 valence electrons. The Morgan fingerprint density at radius 2 is 1.63 bits per heavy atom. The Hall–Kier alpha value is -3.31. The number of ether oxygens (including phenoxy) is 2. The van der Waals surface area contributed by atoms with E-state index in [0.29, 0.717) is 61.8 Å². The predicted octanol–water partition coefficient (Wildman–Crippen LogP) is 4.56. The summed E-state index contributed by atoms with van der Waals surface area (Å²) in [5.41, 5.74) is 8.11. The van der Waals surface area contributed by atoms with Crippen LogP contribution in [0.1, 0.15) is 42.9 Å². The number of nitrogens with zero attached hydrogens (tertiary/aromatic N) is 1. The second-order valence-electron chi connectivity index (χ2n) is 10.8. The fourth-order valence-electron chi connectivity index (χ4n) is 4.92. The molecule has 41 heavy (non-hydrogen) atoms. The van der Waals surface area contributed by atoms with Crippen LogP contribution in [0.25, 0.3) is 0 Å². The number of carbonyl (C=O) groups excluding carboxylic acids is 1. The van der Waals surface area contributed by atoms with Gasteiger partial charge in [-0.3, -0.25) is 9.78 Å². The van der Waals surface area contributed by atoms with Crippen molar-refractivity contribution in [3.63, 3.8) is 0 Å². The van der Waals surface area contributed by atoms with Gasteiger partial charge in [-0.15, -0.1) is 0 Å². The zero-order valence-corrected chi connectivity index (χ0v) is 23.3. The molecule has 4 rings (SSSR count). The molecule has 10 heteroatoms. The van der Waals surface area contributed by atoms with Crippen molar-refractivity contribution in [2.45, 2.75) is 50.9 Å². The highest BCUT2D eigenvalue weighted by atomic mass is 19.1. The molecule has 0 aliphatic carbocycles. The molecule has 1 aromatic heterocycles. The fourth-order valence-corrected chi connectivity index (χ4v) is 4.92. The first kappa shape index (κ1) is 30.6. The molecule has 1 amide bonds. The molecule has 1 fully saturated rings. The van der Waals surface area contributed by atoms with Crippen molar-refractivity contribution < 1.29 is 27.4 Å². The normalized spacial score (nSPS) is 18.0. The molecular formula is C31H37F3N4O3. The molecule has 2 heterocycles. The minimum atomic E-state index is -1.15. The van der Waals surface area contributed by atoms with Crippen molar-refractivity contribution in [1.82, 2.24) is 10.3 Å². The maximum absolute atomic E-state index is 14.9. The number of anilines is 1. The molecule has 0 saturated carbocycles. The van der Waals surface area contributed by atoms with Crippen LogP contribution in [0.5, 0.6) is 0 Å². The van der Waals surface area contributed by atoms with E-state index in [1.807, 2.05) is 0 Å². The van der Waals surface area contributed by atoms with Gasteiger partial charge < -0.3 is 25.8 Å². The largest absolute Gasteiger partial charge is 0.378 e. The first-order valence-corrected chi connectivity index (χ1v) is 13.8. The Bertz CT molecular complexity index is 1230. The Labute approximate surface area is 238 Å². The molecule has 0 radical (unpaired) electrons. The molecule has 3 aromatic rings. The lowest BCUT2D eigenvalue weighted by Crippen LogP contribution is -2.46. The van der Waals surface area contributed by atoms with Crippen molar-refractivity contribution in [2.24, 2.45) is 11.7 Å². The molecule has 7 nitrogen and oxygen atoms in total. The van der Waals surface area contributed by atoms with Crippen molar-refractivity contribution in [2.75, 3.05) is 31.6 Å². The van der Waals surface area contributed by atoms with E-state index >= 15 is 0 Å². The highest BCUT2D eigenvalue weighted by Crippen LogP contribution is 2.29. The second-order valence-corrected chi connectivity index (χ2v) is 10.8. The standard InChI is InChI=1S/C31H37F3N4O3/c1-19(2)17-40-18-25-14-36-13-24(41-25)11-12-26-27(34)15-37-16-28(26)38-31(39)30(35)29(20-3-7-22(32)8-4-20)21-5-9-23(33)10-6-21/h3-10,15-16,19,24-25,29-30,36H,11-14,17-18,35H2,1-2H3,(H,38,39)/t24-,25+,30?/m1/s1. The third-order valence-corrected chi connectivity index (χ3v) is 6.98. The summed E-state index contributed by atoms with van der Waals surface area (Å²) >= 11 is 0. The lowest BCUT2D eigenvalue weighted by atomic mass is 9.85. The van der Waals surface area contributed by atoms with Crippen LogP contribution in [0.4, 0.5) is 18.9 Å². The number of morpholine rings is 1. The summed E-state index contributed by atoms with van der Waals surface area (Å²) in [6.07, 6.45) is 3.05. The number of amides is 1. The van der Waals surface area contributed by atoms with E-state index in [0.717, 1.165) is 6.20 Å². The quantitative estimate of drug-likeness (QED) is 0.296. The molecule has 3 atom stereocenters. The van der Waals surface area contributed by atoms with Crippen LogP contribution in [0.3, 0.4) is 0 Å².